The molecular weight excluding hydrogens is 210 g/mol. The van der Waals surface area contributed by atoms with Crippen LogP contribution in [0.1, 0.15) is 43.7 Å². The highest BCUT2D eigenvalue weighted by Crippen LogP contribution is 2.22. The van der Waals surface area contributed by atoms with Crippen LogP contribution in [0.5, 0.6) is 0 Å². The van der Waals surface area contributed by atoms with Crippen LogP contribution in [-0.4, -0.2) is 10.9 Å². The van der Waals surface area contributed by atoms with Crippen LogP contribution in [0.2, 0.25) is 0 Å². The highest BCUT2D eigenvalue weighted by atomic mass is 16.4. The molecule has 2 rings (SSSR count). The first-order valence-corrected chi connectivity index (χ1v) is 6.36. The van der Waals surface area contributed by atoms with Gasteiger partial charge in [0.2, 0.25) is 0 Å². The maximum absolute atomic E-state index is 9.21. The highest BCUT2D eigenvalue weighted by Gasteiger charge is 2.13. The minimum Gasteiger partial charge on any atom is -0.410 e. The zero-order valence-corrected chi connectivity index (χ0v) is 10.3. The number of hydrogen-bond donors (Lipinski definition) is 1. The predicted molar refractivity (Wildman–Crippen MR) is 70.7 cm³/mol. The quantitative estimate of drug-likeness (QED) is 0.475. The summed E-state index contributed by atoms with van der Waals surface area (Å²) in [5, 5.41) is 12.7. The molecule has 0 atom stereocenters. The molecule has 1 aliphatic carbocycles. The van der Waals surface area contributed by atoms with Gasteiger partial charge in [0, 0.05) is 5.56 Å². The van der Waals surface area contributed by atoms with Gasteiger partial charge >= 0.3 is 0 Å². The molecule has 0 radical (unpaired) electrons. The van der Waals surface area contributed by atoms with Crippen LogP contribution in [0.15, 0.2) is 41.1 Å². The van der Waals surface area contributed by atoms with E-state index in [-0.39, 0.29) is 0 Å². The minimum atomic E-state index is 0.743. The maximum atomic E-state index is 9.21. The van der Waals surface area contributed by atoms with Gasteiger partial charge in [0.05, 0.1) is 0 Å². The van der Waals surface area contributed by atoms with Gasteiger partial charge < -0.3 is 5.21 Å². The molecule has 0 unspecified atom stereocenters. The molecular formula is C15H19NO. The summed E-state index contributed by atoms with van der Waals surface area (Å²) < 4.78 is 0. The average molecular weight is 229 g/mol. The number of rotatable bonds is 3. The second kappa shape index (κ2) is 5.67. The number of allylic oxidation sites excluding steroid dienone is 2. The summed E-state index contributed by atoms with van der Waals surface area (Å²) in [5.74, 6) is 0. The topological polar surface area (TPSA) is 32.6 Å². The summed E-state index contributed by atoms with van der Waals surface area (Å²) in [7, 11) is 0. The van der Waals surface area contributed by atoms with Gasteiger partial charge in [0.15, 0.2) is 0 Å². The number of oxime groups is 1. The highest BCUT2D eigenvalue weighted by molar-refractivity contribution is 6.12. The molecule has 0 spiro atoms. The molecule has 1 N–H and O–H groups in total. The maximum Gasteiger partial charge on any atom is 0.112 e. The number of nitrogens with zero attached hydrogens (tertiary/aromatic N) is 1. The van der Waals surface area contributed by atoms with E-state index < -0.39 is 0 Å². The molecule has 0 saturated carbocycles. The Morgan fingerprint density at radius 2 is 2.00 bits per heavy atom. The monoisotopic (exact) mass is 229 g/mol. The van der Waals surface area contributed by atoms with E-state index in [1.165, 1.54) is 24.0 Å². The van der Waals surface area contributed by atoms with E-state index in [9.17, 15) is 5.21 Å². The van der Waals surface area contributed by atoms with E-state index in [1.807, 2.05) is 12.1 Å². The van der Waals surface area contributed by atoms with Crippen molar-refractivity contribution in [3.05, 3.63) is 47.0 Å². The van der Waals surface area contributed by atoms with Gasteiger partial charge in [-0.1, -0.05) is 42.4 Å². The van der Waals surface area contributed by atoms with Crippen LogP contribution in [0, 0.1) is 0 Å². The standard InChI is InChI=1S/C15H19NO/c1-2-12-8-10-14(11-9-12)15(16-17)13-6-4-3-5-7-13/h6,8-11,17H,2-5,7H2,1H3. The molecule has 17 heavy (non-hydrogen) atoms. The van der Waals surface area contributed by atoms with Crippen molar-refractivity contribution in [3.63, 3.8) is 0 Å². The van der Waals surface area contributed by atoms with E-state index in [0.717, 1.165) is 30.5 Å². The third kappa shape index (κ3) is 2.76. The van der Waals surface area contributed by atoms with Crippen LogP contribution in [0.3, 0.4) is 0 Å². The minimum absolute atomic E-state index is 0.743. The zero-order chi connectivity index (χ0) is 12.1. The normalized spacial score (nSPS) is 16.8. The Kier molecular flexibility index (Phi) is 3.97. The Balaban J connectivity index is 2.26. The van der Waals surface area contributed by atoms with Crippen molar-refractivity contribution >= 4 is 5.71 Å². The summed E-state index contributed by atoms with van der Waals surface area (Å²) in [6.07, 6.45) is 7.80. The Morgan fingerprint density at radius 1 is 1.24 bits per heavy atom. The van der Waals surface area contributed by atoms with Gasteiger partial charge in [-0.15, -0.1) is 0 Å². The average Bonchev–Trinajstić information content (AvgIpc) is 2.42. The molecule has 0 heterocycles. The number of benzene rings is 1. The zero-order valence-electron chi connectivity index (χ0n) is 10.3. The Morgan fingerprint density at radius 3 is 2.53 bits per heavy atom. The first-order chi connectivity index (χ1) is 8.35. The summed E-state index contributed by atoms with van der Waals surface area (Å²) in [4.78, 5) is 0. The van der Waals surface area contributed by atoms with Crippen molar-refractivity contribution in [2.45, 2.75) is 39.0 Å². The van der Waals surface area contributed by atoms with Gasteiger partial charge in [0.1, 0.15) is 5.71 Å². The summed E-state index contributed by atoms with van der Waals surface area (Å²) in [6, 6.07) is 8.29. The van der Waals surface area contributed by atoms with E-state index >= 15 is 0 Å². The Bertz CT molecular complexity index is 429. The second-order valence-corrected chi connectivity index (χ2v) is 4.47. The molecule has 0 aliphatic heterocycles. The van der Waals surface area contributed by atoms with Crippen LogP contribution in [0.25, 0.3) is 0 Å². The SMILES string of the molecule is CCc1ccc(C(=NO)C2=CCCCC2)cc1. The lowest BCUT2D eigenvalue weighted by Gasteiger charge is -2.14. The van der Waals surface area contributed by atoms with Crippen molar-refractivity contribution in [1.29, 1.82) is 0 Å². The van der Waals surface area contributed by atoms with Gasteiger partial charge in [0.25, 0.3) is 0 Å². The van der Waals surface area contributed by atoms with Crippen LogP contribution in [0.4, 0.5) is 0 Å². The molecule has 2 nitrogen and oxygen atoms in total. The number of aryl methyl sites for hydroxylation is 1. The van der Waals surface area contributed by atoms with Gasteiger partial charge in [-0.05, 0) is 43.2 Å². The smallest absolute Gasteiger partial charge is 0.112 e. The lowest BCUT2D eigenvalue weighted by Crippen LogP contribution is -2.08. The molecule has 0 aromatic heterocycles. The van der Waals surface area contributed by atoms with Gasteiger partial charge in [-0.3, -0.25) is 0 Å². The molecule has 1 aliphatic rings. The van der Waals surface area contributed by atoms with E-state index in [2.05, 4.69) is 30.3 Å². The first-order valence-electron chi connectivity index (χ1n) is 6.36. The molecule has 0 fully saturated rings. The van der Waals surface area contributed by atoms with Crippen LogP contribution < -0.4 is 0 Å². The van der Waals surface area contributed by atoms with Crippen molar-refractivity contribution in [3.8, 4) is 0 Å². The predicted octanol–water partition coefficient (Wildman–Crippen LogP) is 3.93. The fourth-order valence-corrected chi connectivity index (χ4v) is 2.26. The molecule has 0 bridgehead atoms. The molecule has 0 saturated heterocycles. The third-order valence-corrected chi connectivity index (χ3v) is 3.33. The van der Waals surface area contributed by atoms with Crippen molar-refractivity contribution in [1.82, 2.24) is 0 Å². The summed E-state index contributed by atoms with van der Waals surface area (Å²) in [6.45, 7) is 2.14. The summed E-state index contributed by atoms with van der Waals surface area (Å²) >= 11 is 0. The lowest BCUT2D eigenvalue weighted by atomic mass is 9.92. The Hall–Kier alpha value is -1.57. The molecule has 90 valence electrons. The van der Waals surface area contributed by atoms with E-state index in [0.29, 0.717) is 0 Å². The first kappa shape index (κ1) is 11.9. The molecule has 1 aromatic rings. The Labute approximate surface area is 103 Å². The van der Waals surface area contributed by atoms with Crippen molar-refractivity contribution < 1.29 is 5.21 Å². The fourth-order valence-electron chi connectivity index (χ4n) is 2.26. The number of hydrogen-bond acceptors (Lipinski definition) is 2. The van der Waals surface area contributed by atoms with Crippen LogP contribution >= 0.6 is 0 Å². The van der Waals surface area contributed by atoms with E-state index in [4.69, 9.17) is 0 Å². The largest absolute Gasteiger partial charge is 0.410 e. The molecule has 1 aromatic carbocycles. The van der Waals surface area contributed by atoms with Crippen molar-refractivity contribution in [2.24, 2.45) is 5.16 Å². The van der Waals surface area contributed by atoms with Gasteiger partial charge in [-0.25, -0.2) is 0 Å². The summed E-state index contributed by atoms with van der Waals surface area (Å²) in [5.41, 5.74) is 4.25. The molecule has 0 amide bonds. The van der Waals surface area contributed by atoms with E-state index in [1.54, 1.807) is 0 Å². The van der Waals surface area contributed by atoms with Crippen molar-refractivity contribution in [2.75, 3.05) is 0 Å². The third-order valence-electron chi connectivity index (χ3n) is 3.33. The lowest BCUT2D eigenvalue weighted by molar-refractivity contribution is 0.319. The second-order valence-electron chi connectivity index (χ2n) is 4.47. The fraction of sp³-hybridized carbons (Fsp3) is 0.400. The van der Waals surface area contributed by atoms with Crippen LogP contribution in [-0.2, 0) is 6.42 Å². The van der Waals surface area contributed by atoms with Gasteiger partial charge in [-0.2, -0.15) is 0 Å². The molecule has 2 heteroatoms.